The number of hydrogen-bond donors (Lipinski definition) is 0. The summed E-state index contributed by atoms with van der Waals surface area (Å²) < 4.78 is 0. The molecule has 0 bridgehead atoms. The van der Waals surface area contributed by atoms with Crippen molar-refractivity contribution < 1.29 is 17.1 Å². The van der Waals surface area contributed by atoms with E-state index < -0.39 is 0 Å². The van der Waals surface area contributed by atoms with Gasteiger partial charge in [-0.3, -0.25) is 0 Å². The van der Waals surface area contributed by atoms with E-state index in [1.807, 2.05) is 48.9 Å². The van der Waals surface area contributed by atoms with Crippen molar-refractivity contribution in [1.29, 1.82) is 0 Å². The van der Waals surface area contributed by atoms with Gasteiger partial charge in [0, 0.05) is 22.5 Å². The van der Waals surface area contributed by atoms with Crippen molar-refractivity contribution in [3.63, 3.8) is 0 Å². The van der Waals surface area contributed by atoms with E-state index in [-0.39, 0.29) is 28.1 Å². The van der Waals surface area contributed by atoms with Crippen LogP contribution in [0.5, 0.6) is 0 Å². The Kier molecular flexibility index (Phi) is 10.0. The number of allylic oxidation sites excluding steroid dienone is 10. The molecule has 0 atom stereocenters. The maximum absolute atomic E-state index is 4.33. The van der Waals surface area contributed by atoms with Crippen molar-refractivity contribution in [2.45, 2.75) is 80.3 Å². The molecule has 0 spiro atoms. The molecule has 200 valence electrons. The Labute approximate surface area is 236 Å². The zero-order valence-electron chi connectivity index (χ0n) is 24.0. The van der Waals surface area contributed by atoms with Gasteiger partial charge in [0.05, 0.1) is 0 Å². The summed E-state index contributed by atoms with van der Waals surface area (Å²) in [6, 6.07) is 0. The average molecular weight is 543 g/mol. The largest absolute Gasteiger partial charge is 4.00 e. The van der Waals surface area contributed by atoms with Crippen LogP contribution in [0.1, 0.15) is 69.2 Å². The number of nitrogens with zero attached hydrogens (tertiary/aromatic N) is 6. The first-order valence-electron chi connectivity index (χ1n) is 12.5. The Hall–Kier alpha value is -2.76. The quantitative estimate of drug-likeness (QED) is 0.261. The Morgan fingerprint density at radius 1 is 0.595 bits per heavy atom. The third-order valence-electron chi connectivity index (χ3n) is 6.39. The molecular weight excluding hydrogens is 500 g/mol. The Morgan fingerprint density at radius 2 is 0.946 bits per heavy atom. The fourth-order valence-corrected chi connectivity index (χ4v) is 4.12. The summed E-state index contributed by atoms with van der Waals surface area (Å²) in [5.74, 6) is 0. The summed E-state index contributed by atoms with van der Waals surface area (Å²) >= 11 is 0. The molecule has 0 radical (unpaired) electrons. The molecule has 0 N–H and O–H groups in total. The first-order valence-corrected chi connectivity index (χ1v) is 12.5. The van der Waals surface area contributed by atoms with Crippen LogP contribution in [0.25, 0.3) is 10.6 Å². The van der Waals surface area contributed by atoms with Crippen LogP contribution in [0.2, 0.25) is 0 Å². The molecular formula is C30H42FeN6. The summed E-state index contributed by atoms with van der Waals surface area (Å²) in [5, 5.41) is 8.66. The fourth-order valence-electron chi connectivity index (χ4n) is 4.12. The molecule has 0 aromatic heterocycles. The van der Waals surface area contributed by atoms with Gasteiger partial charge in [0.2, 0.25) is 0 Å². The molecule has 0 aromatic rings. The Bertz CT molecular complexity index is 986. The van der Waals surface area contributed by atoms with Gasteiger partial charge in [0.15, 0.2) is 0 Å². The summed E-state index contributed by atoms with van der Waals surface area (Å²) in [4.78, 5) is 8.87. The third kappa shape index (κ3) is 7.62. The zero-order valence-corrected chi connectivity index (χ0v) is 25.1. The molecule has 7 heteroatoms. The van der Waals surface area contributed by atoms with Crippen LogP contribution in [0.3, 0.4) is 0 Å². The average Bonchev–Trinajstić information content (AvgIpc) is 3.26. The van der Waals surface area contributed by atoms with Crippen LogP contribution in [-0.2, 0) is 17.1 Å². The van der Waals surface area contributed by atoms with E-state index in [2.05, 4.69) is 125 Å². The van der Waals surface area contributed by atoms with Crippen molar-refractivity contribution in [2.75, 3.05) is 0 Å². The minimum Gasteiger partial charge on any atom is -0.663 e. The summed E-state index contributed by atoms with van der Waals surface area (Å²) in [6.07, 6.45) is 19.6. The van der Waals surface area contributed by atoms with Crippen molar-refractivity contribution >= 4 is 0 Å². The standard InChI is InChI=1S/2C15H21N3.Fe/c2*1-12-13(2)18(15(3,4)5)11-17(12)10-14-8-6-7-9-16-14;/h2*6-11H,1-5H3;/q2*-2;+4/b2*14-10-;. The van der Waals surface area contributed by atoms with E-state index >= 15 is 0 Å². The third-order valence-corrected chi connectivity index (χ3v) is 6.39. The van der Waals surface area contributed by atoms with Gasteiger partial charge in [-0.15, -0.1) is 11.4 Å². The first-order chi connectivity index (χ1) is 16.8. The van der Waals surface area contributed by atoms with E-state index in [0.717, 1.165) is 11.4 Å². The molecule has 4 heterocycles. The maximum atomic E-state index is 4.33. The van der Waals surface area contributed by atoms with Crippen LogP contribution in [0.4, 0.5) is 0 Å². The van der Waals surface area contributed by atoms with Crippen molar-refractivity contribution in [3.05, 3.63) is 119 Å². The van der Waals surface area contributed by atoms with Crippen LogP contribution >= 0.6 is 0 Å². The zero-order chi connectivity index (χ0) is 26.7. The van der Waals surface area contributed by atoms with Gasteiger partial charge >= 0.3 is 17.1 Å². The minimum atomic E-state index is 0. The van der Waals surface area contributed by atoms with E-state index in [0.29, 0.717) is 0 Å². The van der Waals surface area contributed by atoms with Gasteiger partial charge in [0.1, 0.15) is 0 Å². The summed E-state index contributed by atoms with van der Waals surface area (Å²) in [5.41, 5.74) is 7.19. The fraction of sp³-hybridized carbons (Fsp3) is 0.400. The van der Waals surface area contributed by atoms with Crippen LogP contribution < -0.4 is 0 Å². The van der Waals surface area contributed by atoms with Gasteiger partial charge in [-0.05, 0) is 93.0 Å². The summed E-state index contributed by atoms with van der Waals surface area (Å²) in [7, 11) is 0. The van der Waals surface area contributed by atoms with E-state index in [4.69, 9.17) is 0 Å². The normalized spacial score (nSPS) is 21.6. The topological polar surface area (TPSA) is 41.2 Å². The molecule has 6 nitrogen and oxygen atoms in total. The van der Waals surface area contributed by atoms with Crippen LogP contribution in [0.15, 0.2) is 95.4 Å². The molecule has 0 saturated carbocycles. The molecule has 0 saturated heterocycles. The second kappa shape index (κ2) is 12.2. The molecule has 37 heavy (non-hydrogen) atoms. The first kappa shape index (κ1) is 30.5. The molecule has 0 amide bonds. The molecule has 4 rings (SSSR count). The van der Waals surface area contributed by atoms with Crippen molar-refractivity contribution in [2.24, 2.45) is 0 Å². The predicted octanol–water partition coefficient (Wildman–Crippen LogP) is 8.14. The molecule has 0 unspecified atom stereocenters. The maximum Gasteiger partial charge on any atom is 4.00 e. The predicted molar refractivity (Wildman–Crippen MR) is 152 cm³/mol. The summed E-state index contributed by atoms with van der Waals surface area (Å²) in [6.45, 7) is 26.1. The molecule has 4 aliphatic heterocycles. The molecule has 0 aliphatic carbocycles. The monoisotopic (exact) mass is 542 g/mol. The van der Waals surface area contributed by atoms with Crippen LogP contribution in [0, 0.1) is 13.3 Å². The van der Waals surface area contributed by atoms with Crippen molar-refractivity contribution in [3.8, 4) is 0 Å². The van der Waals surface area contributed by atoms with Gasteiger partial charge in [-0.1, -0.05) is 36.5 Å². The Morgan fingerprint density at radius 3 is 1.19 bits per heavy atom. The molecule has 0 aromatic carbocycles. The minimum absolute atomic E-state index is 0. The van der Waals surface area contributed by atoms with E-state index in [1.54, 1.807) is 0 Å². The van der Waals surface area contributed by atoms with Gasteiger partial charge in [-0.2, -0.15) is 25.7 Å². The number of rotatable bonds is 2. The van der Waals surface area contributed by atoms with E-state index in [9.17, 15) is 0 Å². The Balaban J connectivity index is 0.000000253. The second-order valence-electron chi connectivity index (χ2n) is 11.2. The molecule has 0 fully saturated rings. The smallest absolute Gasteiger partial charge is 0.663 e. The van der Waals surface area contributed by atoms with Crippen LogP contribution in [-0.4, -0.2) is 30.7 Å². The van der Waals surface area contributed by atoms with Gasteiger partial charge < -0.3 is 30.2 Å². The number of hydrogen-bond acceptors (Lipinski definition) is 4. The van der Waals surface area contributed by atoms with Gasteiger partial charge in [-0.25, -0.2) is 0 Å². The second-order valence-corrected chi connectivity index (χ2v) is 11.2. The van der Waals surface area contributed by atoms with E-state index in [1.165, 1.54) is 22.8 Å². The molecule has 4 aliphatic rings. The SMILES string of the molecule is CC1=C(C)N(C(C)(C)C)[CH-]N1/C=C1/C=CC=C[N-]1.CC1=C(C)N(C(C)(C)C)[CH-]N1/C=C1/C=CC=C[N-]1.[Fe+4]. The van der Waals surface area contributed by atoms with Gasteiger partial charge in [0.25, 0.3) is 0 Å². The van der Waals surface area contributed by atoms with Crippen molar-refractivity contribution in [1.82, 2.24) is 19.6 Å².